The van der Waals surface area contributed by atoms with E-state index in [0.717, 1.165) is 0 Å². The lowest BCUT2D eigenvalue weighted by molar-refractivity contribution is 0.0953. The van der Waals surface area contributed by atoms with Crippen LogP contribution >= 0.6 is 22.6 Å². The summed E-state index contributed by atoms with van der Waals surface area (Å²) in [6.45, 7) is 0.441. The van der Waals surface area contributed by atoms with Crippen molar-refractivity contribution in [3.8, 4) is 0 Å². The minimum absolute atomic E-state index is 0.222. The highest BCUT2D eigenvalue weighted by Crippen LogP contribution is 2.13. The molecule has 0 radical (unpaired) electrons. The Balaban J connectivity index is 1.90. The molecule has 0 aliphatic carbocycles. The molecule has 1 aromatic heterocycles. The molecule has 0 aliphatic rings. The molecule has 0 saturated heterocycles. The van der Waals surface area contributed by atoms with Gasteiger partial charge >= 0.3 is 0 Å². The molecule has 19 heavy (non-hydrogen) atoms. The lowest BCUT2D eigenvalue weighted by Gasteiger charge is -2.05. The van der Waals surface area contributed by atoms with Crippen LogP contribution in [0.1, 0.15) is 16.2 Å². The Kier molecular flexibility index (Phi) is 4.46. The summed E-state index contributed by atoms with van der Waals surface area (Å²) in [4.78, 5) is 16.0. The largest absolute Gasteiger partial charge is 0.352 e. The van der Waals surface area contributed by atoms with Crippen molar-refractivity contribution in [2.45, 2.75) is 6.42 Å². The molecule has 0 fully saturated rings. The monoisotopic (exact) mass is 374 g/mol. The van der Waals surface area contributed by atoms with Crippen molar-refractivity contribution < 1.29 is 9.18 Å². The van der Waals surface area contributed by atoms with E-state index in [-0.39, 0.29) is 11.7 Å². The second-order valence-electron chi connectivity index (χ2n) is 3.96. The van der Waals surface area contributed by atoms with E-state index in [1.54, 1.807) is 18.1 Å². The van der Waals surface area contributed by atoms with Crippen molar-refractivity contribution in [2.24, 2.45) is 7.05 Å². The van der Waals surface area contributed by atoms with E-state index in [1.807, 2.05) is 22.6 Å². The van der Waals surface area contributed by atoms with E-state index < -0.39 is 0 Å². The van der Waals surface area contributed by atoms with E-state index in [2.05, 4.69) is 15.4 Å². The van der Waals surface area contributed by atoms with Gasteiger partial charge in [0, 0.05) is 23.6 Å². The van der Waals surface area contributed by atoms with Crippen LogP contribution in [0.25, 0.3) is 0 Å². The van der Waals surface area contributed by atoms with Crippen LogP contribution in [-0.4, -0.2) is 27.2 Å². The van der Waals surface area contributed by atoms with Crippen LogP contribution in [0.3, 0.4) is 0 Å². The van der Waals surface area contributed by atoms with Crippen molar-refractivity contribution in [1.29, 1.82) is 0 Å². The summed E-state index contributed by atoms with van der Waals surface area (Å²) in [7, 11) is 1.79. The number of benzene rings is 1. The molecule has 2 aromatic rings. The van der Waals surface area contributed by atoms with Crippen LogP contribution in [0.2, 0.25) is 0 Å². The molecule has 100 valence electrons. The molecular formula is C12H12FIN4O. The molecule has 1 amide bonds. The second kappa shape index (κ2) is 6.09. The smallest absolute Gasteiger partial charge is 0.252 e. The summed E-state index contributed by atoms with van der Waals surface area (Å²) in [6, 6.07) is 4.08. The van der Waals surface area contributed by atoms with Gasteiger partial charge in [0.2, 0.25) is 0 Å². The maximum absolute atomic E-state index is 12.9. The van der Waals surface area contributed by atoms with Crippen molar-refractivity contribution in [2.75, 3.05) is 6.54 Å². The van der Waals surface area contributed by atoms with Gasteiger partial charge in [0.1, 0.15) is 12.1 Å². The minimum atomic E-state index is -0.348. The molecule has 0 aliphatic heterocycles. The summed E-state index contributed by atoms with van der Waals surface area (Å²) in [5, 5.41) is 6.87. The van der Waals surface area contributed by atoms with E-state index in [1.165, 1.54) is 18.2 Å². The number of aromatic nitrogens is 3. The number of carbonyl (C=O) groups excluding carboxylic acids is 1. The third-order valence-corrected chi connectivity index (χ3v) is 3.35. The Labute approximate surface area is 123 Å². The van der Waals surface area contributed by atoms with Gasteiger partial charge < -0.3 is 5.32 Å². The summed E-state index contributed by atoms with van der Waals surface area (Å²) in [6.07, 6.45) is 2.17. The lowest BCUT2D eigenvalue weighted by atomic mass is 10.2. The minimum Gasteiger partial charge on any atom is -0.352 e. The van der Waals surface area contributed by atoms with E-state index in [4.69, 9.17) is 0 Å². The average molecular weight is 374 g/mol. The fourth-order valence-corrected chi connectivity index (χ4v) is 2.28. The van der Waals surface area contributed by atoms with Crippen LogP contribution in [0.5, 0.6) is 0 Å². The summed E-state index contributed by atoms with van der Waals surface area (Å²) < 4.78 is 15.1. The van der Waals surface area contributed by atoms with Crippen molar-refractivity contribution >= 4 is 28.5 Å². The molecule has 0 spiro atoms. The number of amides is 1. The van der Waals surface area contributed by atoms with E-state index in [0.29, 0.717) is 27.9 Å². The van der Waals surface area contributed by atoms with Gasteiger partial charge in [-0.05, 0) is 40.8 Å². The van der Waals surface area contributed by atoms with Crippen LogP contribution in [-0.2, 0) is 13.5 Å². The summed E-state index contributed by atoms with van der Waals surface area (Å²) in [5.41, 5.74) is 0.469. The van der Waals surface area contributed by atoms with Gasteiger partial charge in [-0.15, -0.1) is 0 Å². The van der Waals surface area contributed by atoms with Gasteiger partial charge in [-0.25, -0.2) is 9.37 Å². The fraction of sp³-hybridized carbons (Fsp3) is 0.250. The molecule has 1 aromatic carbocycles. The average Bonchev–Trinajstić information content (AvgIpc) is 2.75. The predicted octanol–water partition coefficient (Wildman–Crippen LogP) is 1.53. The SMILES string of the molecule is Cn1cnc(CCNC(=O)c2ccc(F)cc2I)n1. The molecule has 0 saturated carbocycles. The highest BCUT2D eigenvalue weighted by molar-refractivity contribution is 14.1. The van der Waals surface area contributed by atoms with E-state index in [9.17, 15) is 9.18 Å². The number of carbonyl (C=O) groups is 1. The van der Waals surface area contributed by atoms with Crippen molar-refractivity contribution in [3.63, 3.8) is 0 Å². The van der Waals surface area contributed by atoms with E-state index >= 15 is 0 Å². The normalized spacial score (nSPS) is 10.5. The number of hydrogen-bond acceptors (Lipinski definition) is 3. The molecule has 1 heterocycles. The van der Waals surface area contributed by atoms with Gasteiger partial charge in [-0.3, -0.25) is 9.48 Å². The van der Waals surface area contributed by atoms with Gasteiger partial charge in [0.05, 0.1) is 5.56 Å². The first-order chi connectivity index (χ1) is 9.06. The molecule has 5 nitrogen and oxygen atoms in total. The molecule has 7 heteroatoms. The molecule has 0 bridgehead atoms. The molecule has 0 atom stereocenters. The topological polar surface area (TPSA) is 59.8 Å². The number of halogens is 2. The molecule has 2 rings (SSSR count). The summed E-state index contributed by atoms with van der Waals surface area (Å²) >= 11 is 1.94. The number of hydrogen-bond donors (Lipinski definition) is 1. The first-order valence-electron chi connectivity index (χ1n) is 5.64. The number of nitrogens with zero attached hydrogens (tertiary/aromatic N) is 3. The zero-order chi connectivity index (χ0) is 13.8. The number of nitrogens with one attached hydrogen (secondary N) is 1. The number of aryl methyl sites for hydroxylation is 1. The first-order valence-corrected chi connectivity index (χ1v) is 6.72. The van der Waals surface area contributed by atoms with Crippen LogP contribution < -0.4 is 5.32 Å². The second-order valence-corrected chi connectivity index (χ2v) is 5.13. The standard InChI is InChI=1S/C12H12FIN4O/c1-18-7-16-11(17-18)4-5-15-12(19)9-3-2-8(13)6-10(9)14/h2-3,6-7H,4-5H2,1H3,(H,15,19). The van der Waals surface area contributed by atoms with Gasteiger partial charge in [-0.1, -0.05) is 0 Å². The Morgan fingerprint density at radius 3 is 2.95 bits per heavy atom. The van der Waals surface area contributed by atoms with Crippen LogP contribution in [0.4, 0.5) is 4.39 Å². The third-order valence-electron chi connectivity index (χ3n) is 2.46. The Morgan fingerprint density at radius 2 is 2.32 bits per heavy atom. The Morgan fingerprint density at radius 1 is 1.53 bits per heavy atom. The highest BCUT2D eigenvalue weighted by Gasteiger charge is 2.10. The summed E-state index contributed by atoms with van der Waals surface area (Å²) in [5.74, 6) is 0.107. The highest BCUT2D eigenvalue weighted by atomic mass is 127. The zero-order valence-electron chi connectivity index (χ0n) is 10.2. The lowest BCUT2D eigenvalue weighted by Crippen LogP contribution is -2.26. The third kappa shape index (κ3) is 3.72. The van der Waals surface area contributed by atoms with Crippen molar-refractivity contribution in [3.05, 3.63) is 45.3 Å². The van der Waals surface area contributed by atoms with Crippen LogP contribution in [0.15, 0.2) is 24.5 Å². The van der Waals surface area contributed by atoms with Crippen LogP contribution in [0, 0.1) is 9.39 Å². The molecule has 0 unspecified atom stereocenters. The Bertz CT molecular complexity index is 599. The zero-order valence-corrected chi connectivity index (χ0v) is 12.4. The van der Waals surface area contributed by atoms with Gasteiger partial charge in [-0.2, -0.15) is 5.10 Å². The molecule has 1 N–H and O–H groups in total. The van der Waals surface area contributed by atoms with Crippen molar-refractivity contribution in [1.82, 2.24) is 20.1 Å². The first kappa shape index (κ1) is 13.9. The number of rotatable bonds is 4. The molecular weight excluding hydrogens is 362 g/mol. The maximum atomic E-state index is 12.9. The van der Waals surface area contributed by atoms with Gasteiger partial charge in [0.15, 0.2) is 5.82 Å². The quantitative estimate of drug-likeness (QED) is 0.826. The maximum Gasteiger partial charge on any atom is 0.252 e. The fourth-order valence-electron chi connectivity index (χ4n) is 1.56. The predicted molar refractivity (Wildman–Crippen MR) is 76.2 cm³/mol. The Hall–Kier alpha value is -1.51. The van der Waals surface area contributed by atoms with Gasteiger partial charge in [0.25, 0.3) is 5.91 Å².